The smallest absolute Gasteiger partial charge is 0.224 e. The number of amides is 1. The van der Waals surface area contributed by atoms with Crippen LogP contribution in [0.1, 0.15) is 51.9 Å². The number of halogens is 1. The number of rotatable bonds is 4. The first-order valence-electron chi connectivity index (χ1n) is 9.45. The van der Waals surface area contributed by atoms with E-state index in [-0.39, 0.29) is 12.4 Å². The molecule has 1 atom stereocenters. The van der Waals surface area contributed by atoms with Crippen LogP contribution in [-0.4, -0.2) is 60.2 Å². The van der Waals surface area contributed by atoms with Crippen LogP contribution in [0.25, 0.3) is 0 Å². The molecule has 3 rings (SSSR count). The summed E-state index contributed by atoms with van der Waals surface area (Å²) in [5.41, 5.74) is 0. The number of thioether (sulfide) groups is 1. The van der Waals surface area contributed by atoms with Gasteiger partial charge in [-0.3, -0.25) is 4.79 Å². The lowest BCUT2D eigenvalue weighted by molar-refractivity contribution is -0.135. The van der Waals surface area contributed by atoms with Crippen LogP contribution in [0.4, 0.5) is 0 Å². The van der Waals surface area contributed by atoms with Gasteiger partial charge in [0.25, 0.3) is 0 Å². The zero-order valence-corrected chi connectivity index (χ0v) is 16.5. The normalized spacial score (nSPS) is 32.2. The fourth-order valence-corrected chi connectivity index (χ4v) is 4.92. The Morgan fingerprint density at radius 2 is 1.79 bits per heavy atom. The van der Waals surface area contributed by atoms with Crippen molar-refractivity contribution in [2.24, 2.45) is 5.92 Å². The Morgan fingerprint density at radius 3 is 2.42 bits per heavy atom. The Bertz CT molecular complexity index is 377. The van der Waals surface area contributed by atoms with E-state index in [9.17, 15) is 4.79 Å². The average Bonchev–Trinajstić information content (AvgIpc) is 2.58. The maximum Gasteiger partial charge on any atom is 0.224 e. The Kier molecular flexibility index (Phi) is 8.68. The zero-order valence-electron chi connectivity index (χ0n) is 14.9. The quantitative estimate of drug-likeness (QED) is 0.818. The molecule has 1 N–H and O–H groups in total. The lowest BCUT2D eigenvalue weighted by Gasteiger charge is -2.36. The van der Waals surface area contributed by atoms with Crippen LogP contribution in [0.2, 0.25) is 0 Å². The van der Waals surface area contributed by atoms with Crippen molar-refractivity contribution < 1.29 is 9.53 Å². The van der Waals surface area contributed by atoms with Gasteiger partial charge < -0.3 is 15.0 Å². The van der Waals surface area contributed by atoms with Crippen molar-refractivity contribution in [1.82, 2.24) is 10.2 Å². The zero-order chi connectivity index (χ0) is 16.1. The molecule has 3 aliphatic rings. The highest BCUT2D eigenvalue weighted by Crippen LogP contribution is 2.28. The first kappa shape index (κ1) is 20.3. The van der Waals surface area contributed by atoms with Gasteiger partial charge in [0.2, 0.25) is 5.91 Å². The van der Waals surface area contributed by atoms with E-state index >= 15 is 0 Å². The van der Waals surface area contributed by atoms with E-state index in [1.54, 1.807) is 0 Å². The van der Waals surface area contributed by atoms with Crippen LogP contribution in [-0.2, 0) is 9.53 Å². The molecule has 1 amide bonds. The highest BCUT2D eigenvalue weighted by molar-refractivity contribution is 7.99. The van der Waals surface area contributed by atoms with Gasteiger partial charge in [-0.05, 0) is 44.4 Å². The number of hydrogen-bond acceptors (Lipinski definition) is 4. The molecule has 1 aliphatic carbocycles. The summed E-state index contributed by atoms with van der Waals surface area (Å²) < 4.78 is 6.30. The number of carbonyl (C=O) groups excluding carboxylic acids is 1. The van der Waals surface area contributed by atoms with Crippen molar-refractivity contribution in [3.63, 3.8) is 0 Å². The SMILES string of the molecule is CC1CCC(OC2CCN(C(=O)CC3CSCCN3)CC2)CC1.Cl. The summed E-state index contributed by atoms with van der Waals surface area (Å²) in [7, 11) is 0. The number of carbonyl (C=O) groups is 1. The van der Waals surface area contributed by atoms with E-state index in [0.717, 1.165) is 44.1 Å². The van der Waals surface area contributed by atoms with E-state index in [1.807, 2.05) is 11.8 Å². The lowest BCUT2D eigenvalue weighted by Crippen LogP contribution is -2.46. The molecule has 2 aliphatic heterocycles. The van der Waals surface area contributed by atoms with Crippen LogP contribution < -0.4 is 5.32 Å². The monoisotopic (exact) mass is 376 g/mol. The number of likely N-dealkylation sites (tertiary alicyclic amines) is 1. The van der Waals surface area contributed by atoms with Gasteiger partial charge in [-0.2, -0.15) is 11.8 Å². The van der Waals surface area contributed by atoms with Crippen molar-refractivity contribution in [3.05, 3.63) is 0 Å². The molecular weight excluding hydrogens is 344 g/mol. The molecule has 4 nitrogen and oxygen atoms in total. The summed E-state index contributed by atoms with van der Waals surface area (Å²) in [5.74, 6) is 3.45. The first-order chi connectivity index (χ1) is 11.2. The van der Waals surface area contributed by atoms with Crippen molar-refractivity contribution in [2.75, 3.05) is 31.1 Å². The van der Waals surface area contributed by atoms with Crippen LogP contribution in [0.3, 0.4) is 0 Å². The third-order valence-electron chi connectivity index (χ3n) is 5.56. The molecule has 2 saturated heterocycles. The molecule has 1 saturated carbocycles. The summed E-state index contributed by atoms with van der Waals surface area (Å²) in [5, 5.41) is 3.46. The van der Waals surface area contributed by atoms with Crippen LogP contribution >= 0.6 is 24.2 Å². The fraction of sp³-hybridized carbons (Fsp3) is 0.944. The van der Waals surface area contributed by atoms with Crippen molar-refractivity contribution in [2.45, 2.75) is 70.1 Å². The van der Waals surface area contributed by atoms with Gasteiger partial charge in [-0.1, -0.05) is 6.92 Å². The molecule has 0 aromatic rings. The number of nitrogens with one attached hydrogen (secondary N) is 1. The Labute approximate surface area is 157 Å². The fourth-order valence-electron chi connectivity index (χ4n) is 3.97. The minimum absolute atomic E-state index is 0. The van der Waals surface area contributed by atoms with Crippen molar-refractivity contribution in [1.29, 1.82) is 0 Å². The Morgan fingerprint density at radius 1 is 1.12 bits per heavy atom. The van der Waals surface area contributed by atoms with Crippen molar-refractivity contribution in [3.8, 4) is 0 Å². The minimum Gasteiger partial charge on any atom is -0.375 e. The number of hydrogen-bond donors (Lipinski definition) is 1. The predicted molar refractivity (Wildman–Crippen MR) is 103 cm³/mol. The van der Waals surface area contributed by atoms with Crippen LogP contribution in [0, 0.1) is 5.92 Å². The van der Waals surface area contributed by atoms with Gasteiger partial charge in [0.15, 0.2) is 0 Å². The maximum atomic E-state index is 12.4. The molecule has 140 valence electrons. The molecule has 3 fully saturated rings. The maximum absolute atomic E-state index is 12.4. The molecule has 24 heavy (non-hydrogen) atoms. The standard InChI is InChI=1S/C18H32N2O2S.ClH/c1-14-2-4-16(5-3-14)22-17-6-9-20(10-7-17)18(21)12-15-13-23-11-8-19-15;/h14-17,19H,2-13H2,1H3;1H. The third-order valence-corrected chi connectivity index (χ3v) is 6.69. The molecule has 0 aromatic carbocycles. The average molecular weight is 377 g/mol. The molecule has 0 radical (unpaired) electrons. The Balaban J connectivity index is 0.00000208. The second-order valence-corrected chi connectivity index (χ2v) is 8.68. The molecule has 0 bridgehead atoms. The van der Waals surface area contributed by atoms with Crippen LogP contribution in [0.15, 0.2) is 0 Å². The largest absolute Gasteiger partial charge is 0.375 e. The summed E-state index contributed by atoms with van der Waals surface area (Å²) in [6.45, 7) is 5.15. The molecular formula is C18H33ClN2O2S. The van der Waals surface area contributed by atoms with E-state index < -0.39 is 0 Å². The second kappa shape index (κ2) is 10.2. The predicted octanol–water partition coefficient (Wildman–Crippen LogP) is 3.09. The van der Waals surface area contributed by atoms with E-state index in [2.05, 4.69) is 17.1 Å². The summed E-state index contributed by atoms with van der Waals surface area (Å²) in [4.78, 5) is 14.5. The highest BCUT2D eigenvalue weighted by Gasteiger charge is 2.28. The van der Waals surface area contributed by atoms with Gasteiger partial charge >= 0.3 is 0 Å². The Hall–Kier alpha value is 0.0300. The topological polar surface area (TPSA) is 41.6 Å². The number of nitrogens with zero attached hydrogens (tertiary/aromatic N) is 1. The highest BCUT2D eigenvalue weighted by atomic mass is 35.5. The van der Waals surface area contributed by atoms with Gasteiger partial charge in [-0.15, -0.1) is 12.4 Å². The van der Waals surface area contributed by atoms with Gasteiger partial charge in [0, 0.05) is 43.6 Å². The van der Waals surface area contributed by atoms with E-state index in [1.165, 1.54) is 31.4 Å². The lowest BCUT2D eigenvalue weighted by atomic mass is 9.88. The molecule has 2 heterocycles. The molecule has 6 heteroatoms. The van der Waals surface area contributed by atoms with Gasteiger partial charge in [0.1, 0.15) is 0 Å². The van der Waals surface area contributed by atoms with E-state index in [0.29, 0.717) is 30.6 Å². The van der Waals surface area contributed by atoms with Crippen molar-refractivity contribution >= 4 is 30.1 Å². The number of piperidine rings is 1. The van der Waals surface area contributed by atoms with Gasteiger partial charge in [0.05, 0.1) is 12.2 Å². The molecule has 1 unspecified atom stereocenters. The molecule has 0 spiro atoms. The van der Waals surface area contributed by atoms with Crippen LogP contribution in [0.5, 0.6) is 0 Å². The minimum atomic E-state index is 0. The first-order valence-corrected chi connectivity index (χ1v) is 10.6. The second-order valence-electron chi connectivity index (χ2n) is 7.53. The molecule has 0 aromatic heterocycles. The number of ether oxygens (including phenoxy) is 1. The van der Waals surface area contributed by atoms with Gasteiger partial charge in [-0.25, -0.2) is 0 Å². The summed E-state index contributed by atoms with van der Waals surface area (Å²) in [6.07, 6.45) is 8.64. The summed E-state index contributed by atoms with van der Waals surface area (Å²) in [6, 6.07) is 0.374. The van der Waals surface area contributed by atoms with E-state index in [4.69, 9.17) is 4.74 Å². The third kappa shape index (κ3) is 6.08. The summed E-state index contributed by atoms with van der Waals surface area (Å²) >= 11 is 1.96.